The molecule has 0 saturated carbocycles. The van der Waals surface area contributed by atoms with Crippen LogP contribution in [0.5, 0.6) is 0 Å². The Kier molecular flexibility index (Phi) is 3.38. The van der Waals surface area contributed by atoms with Crippen LogP contribution in [0.4, 0.5) is 5.69 Å². The summed E-state index contributed by atoms with van der Waals surface area (Å²) < 4.78 is 12.3. The van der Waals surface area contributed by atoms with Gasteiger partial charge in [0, 0.05) is 18.3 Å². The third-order valence-corrected chi connectivity index (χ3v) is 5.18. The summed E-state index contributed by atoms with van der Waals surface area (Å²) in [5.41, 5.74) is 3.36. The second kappa shape index (κ2) is 4.75. The molecule has 3 nitrogen and oxygen atoms in total. The van der Waals surface area contributed by atoms with E-state index in [4.69, 9.17) is 9.31 Å². The number of rotatable bonds is 2. The summed E-state index contributed by atoms with van der Waals surface area (Å²) in [6.07, 6.45) is 1.11. The lowest BCUT2D eigenvalue weighted by atomic mass is 9.78. The van der Waals surface area contributed by atoms with E-state index >= 15 is 0 Å². The van der Waals surface area contributed by atoms with Crippen LogP contribution in [0.3, 0.4) is 0 Å². The Balaban J connectivity index is 1.87. The SMILES string of the molecule is CC(C)N1CCc2cc(B3OC(C)(C)C(C)(C)O3)ccc21. The van der Waals surface area contributed by atoms with E-state index < -0.39 is 0 Å². The highest BCUT2D eigenvalue weighted by atomic mass is 16.7. The third-order valence-electron chi connectivity index (χ3n) is 5.18. The monoisotopic (exact) mass is 287 g/mol. The highest BCUT2D eigenvalue weighted by Crippen LogP contribution is 2.37. The van der Waals surface area contributed by atoms with Crippen LogP contribution in [0.25, 0.3) is 0 Å². The van der Waals surface area contributed by atoms with Crippen LogP contribution in [0.1, 0.15) is 47.1 Å². The second-order valence-electron chi connectivity index (χ2n) is 7.51. The number of hydrogen-bond acceptors (Lipinski definition) is 3. The molecule has 2 aliphatic rings. The molecular weight excluding hydrogens is 261 g/mol. The smallest absolute Gasteiger partial charge is 0.399 e. The van der Waals surface area contributed by atoms with Crippen LogP contribution in [0, 0.1) is 0 Å². The number of nitrogens with zero attached hydrogens (tertiary/aromatic N) is 1. The summed E-state index contributed by atoms with van der Waals surface area (Å²) in [5.74, 6) is 0. The summed E-state index contributed by atoms with van der Waals surface area (Å²) in [7, 11) is -0.256. The molecular formula is C17H26BNO2. The number of benzene rings is 1. The number of fused-ring (bicyclic) bond motifs is 1. The molecule has 0 aliphatic carbocycles. The first kappa shape index (κ1) is 14.9. The van der Waals surface area contributed by atoms with E-state index in [1.54, 1.807) is 0 Å². The van der Waals surface area contributed by atoms with Crippen molar-refractivity contribution in [1.29, 1.82) is 0 Å². The van der Waals surface area contributed by atoms with Crippen molar-refractivity contribution in [3.05, 3.63) is 23.8 Å². The van der Waals surface area contributed by atoms with Crippen LogP contribution in [-0.4, -0.2) is 30.9 Å². The van der Waals surface area contributed by atoms with Crippen LogP contribution in [-0.2, 0) is 15.7 Å². The van der Waals surface area contributed by atoms with E-state index in [9.17, 15) is 0 Å². The molecule has 2 aliphatic heterocycles. The van der Waals surface area contributed by atoms with Crippen molar-refractivity contribution >= 4 is 18.3 Å². The summed E-state index contributed by atoms with van der Waals surface area (Å²) >= 11 is 0. The molecule has 0 radical (unpaired) electrons. The zero-order valence-corrected chi connectivity index (χ0v) is 14.1. The molecule has 1 aromatic carbocycles. The van der Waals surface area contributed by atoms with E-state index in [0.29, 0.717) is 6.04 Å². The summed E-state index contributed by atoms with van der Waals surface area (Å²) in [6, 6.07) is 7.19. The molecule has 1 fully saturated rings. The summed E-state index contributed by atoms with van der Waals surface area (Å²) in [6.45, 7) is 14.0. The van der Waals surface area contributed by atoms with Gasteiger partial charge in [0.1, 0.15) is 0 Å². The molecule has 0 N–H and O–H groups in total. The lowest BCUT2D eigenvalue weighted by Crippen LogP contribution is -2.41. The Morgan fingerprint density at radius 1 is 1.10 bits per heavy atom. The average Bonchev–Trinajstić information content (AvgIpc) is 2.87. The van der Waals surface area contributed by atoms with Gasteiger partial charge in [-0.1, -0.05) is 12.1 Å². The number of hydrogen-bond donors (Lipinski definition) is 0. The largest absolute Gasteiger partial charge is 0.494 e. The summed E-state index contributed by atoms with van der Waals surface area (Å²) in [4.78, 5) is 2.46. The van der Waals surface area contributed by atoms with Crippen molar-refractivity contribution in [3.63, 3.8) is 0 Å². The first-order valence-corrected chi connectivity index (χ1v) is 7.96. The molecule has 0 unspecified atom stereocenters. The molecule has 21 heavy (non-hydrogen) atoms. The zero-order valence-electron chi connectivity index (χ0n) is 14.1. The van der Waals surface area contributed by atoms with Gasteiger partial charge >= 0.3 is 7.12 Å². The highest BCUT2D eigenvalue weighted by molar-refractivity contribution is 6.62. The van der Waals surface area contributed by atoms with Crippen LogP contribution in [0.15, 0.2) is 18.2 Å². The van der Waals surface area contributed by atoms with Crippen molar-refractivity contribution in [2.24, 2.45) is 0 Å². The van der Waals surface area contributed by atoms with E-state index in [1.165, 1.54) is 11.3 Å². The Bertz CT molecular complexity index is 538. The topological polar surface area (TPSA) is 21.7 Å². The van der Waals surface area contributed by atoms with Gasteiger partial charge < -0.3 is 14.2 Å². The molecule has 3 rings (SSSR count). The van der Waals surface area contributed by atoms with Gasteiger partial charge in [-0.2, -0.15) is 0 Å². The maximum Gasteiger partial charge on any atom is 0.494 e. The predicted molar refractivity (Wildman–Crippen MR) is 88.3 cm³/mol. The molecule has 1 saturated heterocycles. The van der Waals surface area contributed by atoms with Crippen molar-refractivity contribution in [2.75, 3.05) is 11.4 Å². The molecule has 0 spiro atoms. The van der Waals surface area contributed by atoms with Gasteiger partial charge in [0.15, 0.2) is 0 Å². The Morgan fingerprint density at radius 3 is 2.29 bits per heavy atom. The highest BCUT2D eigenvalue weighted by Gasteiger charge is 2.51. The Morgan fingerprint density at radius 2 is 1.71 bits per heavy atom. The Labute approximate surface area is 128 Å². The van der Waals surface area contributed by atoms with Gasteiger partial charge in [-0.25, -0.2) is 0 Å². The van der Waals surface area contributed by atoms with Crippen molar-refractivity contribution in [3.8, 4) is 0 Å². The predicted octanol–water partition coefficient (Wildman–Crippen LogP) is 2.76. The number of anilines is 1. The molecule has 0 amide bonds. The van der Waals surface area contributed by atoms with E-state index in [0.717, 1.165) is 18.4 Å². The fraction of sp³-hybridized carbons (Fsp3) is 0.647. The maximum atomic E-state index is 6.15. The van der Waals surface area contributed by atoms with Crippen LogP contribution in [0.2, 0.25) is 0 Å². The minimum Gasteiger partial charge on any atom is -0.399 e. The zero-order chi connectivity index (χ0) is 15.4. The standard InChI is InChI=1S/C17H26BNO2/c1-12(2)19-10-9-13-11-14(7-8-15(13)19)18-20-16(3,4)17(5,6)21-18/h7-8,11-12H,9-10H2,1-6H3. The van der Waals surface area contributed by atoms with Gasteiger partial charge in [0.2, 0.25) is 0 Å². The van der Waals surface area contributed by atoms with Gasteiger partial charge in [0.25, 0.3) is 0 Å². The molecule has 0 atom stereocenters. The molecule has 114 valence electrons. The first-order chi connectivity index (χ1) is 9.71. The Hall–Kier alpha value is -0.995. The molecule has 4 heteroatoms. The van der Waals surface area contributed by atoms with E-state index in [1.807, 2.05) is 0 Å². The minimum atomic E-state index is -0.277. The first-order valence-electron chi connectivity index (χ1n) is 7.96. The summed E-state index contributed by atoms with van der Waals surface area (Å²) in [5, 5.41) is 0. The quantitative estimate of drug-likeness (QED) is 0.781. The fourth-order valence-electron chi connectivity index (χ4n) is 3.11. The van der Waals surface area contributed by atoms with Gasteiger partial charge in [-0.05, 0) is 65.1 Å². The average molecular weight is 287 g/mol. The van der Waals surface area contributed by atoms with Crippen molar-refractivity contribution < 1.29 is 9.31 Å². The second-order valence-corrected chi connectivity index (χ2v) is 7.51. The lowest BCUT2D eigenvalue weighted by molar-refractivity contribution is 0.00578. The fourth-order valence-corrected chi connectivity index (χ4v) is 3.11. The van der Waals surface area contributed by atoms with Gasteiger partial charge in [-0.3, -0.25) is 0 Å². The van der Waals surface area contributed by atoms with E-state index in [2.05, 4.69) is 64.6 Å². The lowest BCUT2D eigenvalue weighted by Gasteiger charge is -2.32. The third kappa shape index (κ3) is 2.38. The van der Waals surface area contributed by atoms with Crippen LogP contribution >= 0.6 is 0 Å². The van der Waals surface area contributed by atoms with E-state index in [-0.39, 0.29) is 18.3 Å². The molecule has 0 bridgehead atoms. The van der Waals surface area contributed by atoms with Gasteiger partial charge in [0.05, 0.1) is 11.2 Å². The maximum absolute atomic E-state index is 6.15. The van der Waals surface area contributed by atoms with Crippen molar-refractivity contribution in [2.45, 2.75) is 65.2 Å². The van der Waals surface area contributed by atoms with Gasteiger partial charge in [-0.15, -0.1) is 0 Å². The normalized spacial score (nSPS) is 23.0. The molecule has 2 heterocycles. The minimum absolute atomic E-state index is 0.256. The molecule has 0 aromatic heterocycles. The molecule has 1 aromatic rings. The van der Waals surface area contributed by atoms with Crippen molar-refractivity contribution in [1.82, 2.24) is 0 Å². The van der Waals surface area contributed by atoms with Crippen LogP contribution < -0.4 is 10.4 Å².